The third kappa shape index (κ3) is 5.00. The molecule has 130 valence electrons. The molecule has 0 aliphatic carbocycles. The molecule has 0 fully saturated rings. The lowest BCUT2D eigenvalue weighted by atomic mass is 10.1. The van der Waals surface area contributed by atoms with E-state index in [1.54, 1.807) is 0 Å². The highest BCUT2D eigenvalue weighted by Crippen LogP contribution is 2.17. The van der Waals surface area contributed by atoms with Crippen molar-refractivity contribution >= 4 is 0 Å². The molecular formula is C21H26N3O+. The minimum Gasteiger partial charge on any atom is -0.415 e. The van der Waals surface area contributed by atoms with E-state index >= 15 is 0 Å². The number of aromatic nitrogens is 2. The zero-order valence-corrected chi connectivity index (χ0v) is 15.0. The molecule has 0 radical (unpaired) electrons. The Morgan fingerprint density at radius 3 is 2.40 bits per heavy atom. The first-order valence-electron chi connectivity index (χ1n) is 9.01. The SMILES string of the molecule is CCCC[NH+](Cc1ccccc1)Cc1nnc(-c2ccc(C)cc2)o1. The first-order chi connectivity index (χ1) is 12.2. The first kappa shape index (κ1) is 17.4. The number of hydrogen-bond donors (Lipinski definition) is 1. The van der Waals surface area contributed by atoms with E-state index in [0.29, 0.717) is 11.8 Å². The van der Waals surface area contributed by atoms with Crippen molar-refractivity contribution in [2.24, 2.45) is 0 Å². The van der Waals surface area contributed by atoms with E-state index in [-0.39, 0.29) is 0 Å². The molecule has 1 unspecified atom stereocenters. The average Bonchev–Trinajstić information content (AvgIpc) is 3.09. The number of nitrogens with zero attached hydrogens (tertiary/aromatic N) is 2. The first-order valence-corrected chi connectivity index (χ1v) is 9.01. The summed E-state index contributed by atoms with van der Waals surface area (Å²) in [5.41, 5.74) is 3.54. The Hall–Kier alpha value is -2.46. The van der Waals surface area contributed by atoms with Gasteiger partial charge in [-0.25, -0.2) is 0 Å². The van der Waals surface area contributed by atoms with Crippen LogP contribution in [0, 0.1) is 6.92 Å². The van der Waals surface area contributed by atoms with Gasteiger partial charge in [0.2, 0.25) is 5.89 Å². The second-order valence-electron chi connectivity index (χ2n) is 6.56. The Morgan fingerprint density at radius 1 is 0.920 bits per heavy atom. The fourth-order valence-corrected chi connectivity index (χ4v) is 2.90. The van der Waals surface area contributed by atoms with Crippen molar-refractivity contribution in [3.05, 3.63) is 71.6 Å². The van der Waals surface area contributed by atoms with Gasteiger partial charge in [0.05, 0.1) is 6.54 Å². The Morgan fingerprint density at radius 2 is 1.68 bits per heavy atom. The van der Waals surface area contributed by atoms with Crippen LogP contribution in [-0.2, 0) is 13.1 Å². The van der Waals surface area contributed by atoms with E-state index in [1.165, 1.54) is 28.9 Å². The van der Waals surface area contributed by atoms with Crippen LogP contribution in [0.1, 0.15) is 36.8 Å². The van der Waals surface area contributed by atoms with Crippen molar-refractivity contribution < 1.29 is 9.32 Å². The summed E-state index contributed by atoms with van der Waals surface area (Å²) >= 11 is 0. The number of unbranched alkanes of at least 4 members (excludes halogenated alkanes) is 1. The molecule has 0 bridgehead atoms. The highest BCUT2D eigenvalue weighted by molar-refractivity contribution is 5.52. The molecule has 1 atom stereocenters. The largest absolute Gasteiger partial charge is 0.415 e. The van der Waals surface area contributed by atoms with Crippen molar-refractivity contribution in [1.82, 2.24) is 10.2 Å². The second-order valence-corrected chi connectivity index (χ2v) is 6.56. The summed E-state index contributed by atoms with van der Waals surface area (Å²) in [6.45, 7) is 7.13. The molecule has 1 heterocycles. The Balaban J connectivity index is 1.69. The molecule has 0 spiro atoms. The third-order valence-electron chi connectivity index (χ3n) is 4.35. The predicted molar refractivity (Wildman–Crippen MR) is 99.1 cm³/mol. The average molecular weight is 336 g/mol. The normalized spacial score (nSPS) is 12.2. The van der Waals surface area contributed by atoms with Crippen molar-refractivity contribution in [2.75, 3.05) is 6.54 Å². The smallest absolute Gasteiger partial charge is 0.271 e. The molecule has 4 nitrogen and oxygen atoms in total. The van der Waals surface area contributed by atoms with Crippen LogP contribution in [0.25, 0.3) is 11.5 Å². The van der Waals surface area contributed by atoms with Gasteiger partial charge in [0.15, 0.2) is 6.54 Å². The summed E-state index contributed by atoms with van der Waals surface area (Å²) in [4.78, 5) is 1.45. The summed E-state index contributed by atoms with van der Waals surface area (Å²) in [6, 6.07) is 18.8. The fraction of sp³-hybridized carbons (Fsp3) is 0.333. The molecule has 2 aromatic carbocycles. The van der Waals surface area contributed by atoms with Crippen molar-refractivity contribution in [1.29, 1.82) is 0 Å². The highest BCUT2D eigenvalue weighted by atomic mass is 16.4. The predicted octanol–water partition coefficient (Wildman–Crippen LogP) is 3.43. The lowest BCUT2D eigenvalue weighted by Crippen LogP contribution is -3.09. The molecule has 25 heavy (non-hydrogen) atoms. The number of benzene rings is 2. The quantitative estimate of drug-likeness (QED) is 0.685. The van der Waals surface area contributed by atoms with Gasteiger partial charge in [-0.1, -0.05) is 61.4 Å². The molecule has 3 rings (SSSR count). The van der Waals surface area contributed by atoms with Gasteiger partial charge in [0, 0.05) is 11.1 Å². The molecule has 0 aliphatic heterocycles. The van der Waals surface area contributed by atoms with Crippen LogP contribution in [0.5, 0.6) is 0 Å². The zero-order chi connectivity index (χ0) is 17.5. The third-order valence-corrected chi connectivity index (χ3v) is 4.35. The number of rotatable bonds is 8. The molecule has 0 saturated carbocycles. The molecule has 1 N–H and O–H groups in total. The summed E-state index contributed by atoms with van der Waals surface area (Å²) in [5.74, 6) is 1.31. The van der Waals surface area contributed by atoms with Gasteiger partial charge >= 0.3 is 0 Å². The van der Waals surface area contributed by atoms with Crippen molar-refractivity contribution in [3.63, 3.8) is 0 Å². The topological polar surface area (TPSA) is 43.4 Å². The maximum absolute atomic E-state index is 5.91. The minimum absolute atomic E-state index is 0.601. The number of quaternary nitrogens is 1. The summed E-state index contributed by atoms with van der Waals surface area (Å²) < 4.78 is 5.91. The highest BCUT2D eigenvalue weighted by Gasteiger charge is 2.16. The molecule has 3 aromatic rings. The van der Waals surface area contributed by atoms with Crippen molar-refractivity contribution in [2.45, 2.75) is 39.8 Å². The maximum atomic E-state index is 5.91. The molecule has 1 aromatic heterocycles. The Labute approximate surface area is 149 Å². The Bertz CT molecular complexity index is 765. The van der Waals surface area contributed by atoms with E-state index in [0.717, 1.165) is 25.2 Å². The molecular weight excluding hydrogens is 310 g/mol. The molecule has 0 amide bonds. The van der Waals surface area contributed by atoms with Gasteiger partial charge in [-0.2, -0.15) is 0 Å². The van der Waals surface area contributed by atoms with Crippen molar-refractivity contribution in [3.8, 4) is 11.5 Å². The lowest BCUT2D eigenvalue weighted by Gasteiger charge is -2.17. The number of nitrogens with one attached hydrogen (secondary N) is 1. The standard InChI is InChI=1S/C21H25N3O/c1-3-4-14-24(15-18-8-6-5-7-9-18)16-20-22-23-21(25-20)19-12-10-17(2)11-13-19/h5-13H,3-4,14-16H2,1-2H3/p+1. The lowest BCUT2D eigenvalue weighted by molar-refractivity contribution is -0.929. The van der Waals surface area contributed by atoms with E-state index in [4.69, 9.17) is 4.42 Å². The van der Waals surface area contributed by atoms with Gasteiger partial charge in [0.1, 0.15) is 6.54 Å². The van der Waals surface area contributed by atoms with E-state index in [9.17, 15) is 0 Å². The van der Waals surface area contributed by atoms with Crippen LogP contribution in [0.3, 0.4) is 0 Å². The van der Waals surface area contributed by atoms with Crippen LogP contribution >= 0.6 is 0 Å². The van der Waals surface area contributed by atoms with Gasteiger partial charge in [-0.05, 0) is 25.5 Å². The van der Waals surface area contributed by atoms with Gasteiger partial charge in [-0.3, -0.25) is 0 Å². The maximum Gasteiger partial charge on any atom is 0.271 e. The van der Waals surface area contributed by atoms with Crippen LogP contribution in [0.2, 0.25) is 0 Å². The monoisotopic (exact) mass is 336 g/mol. The van der Waals surface area contributed by atoms with E-state index < -0.39 is 0 Å². The second kappa shape index (κ2) is 8.58. The summed E-state index contributed by atoms with van der Waals surface area (Å²) in [5, 5.41) is 8.49. The Kier molecular flexibility index (Phi) is 5.96. The van der Waals surface area contributed by atoms with Crippen LogP contribution in [-0.4, -0.2) is 16.7 Å². The number of aryl methyl sites for hydroxylation is 1. The van der Waals surface area contributed by atoms with E-state index in [1.807, 2.05) is 12.1 Å². The van der Waals surface area contributed by atoms with Gasteiger partial charge < -0.3 is 9.32 Å². The number of hydrogen-bond acceptors (Lipinski definition) is 3. The zero-order valence-electron chi connectivity index (χ0n) is 15.0. The van der Waals surface area contributed by atoms with Crippen LogP contribution in [0.4, 0.5) is 0 Å². The molecule has 0 saturated heterocycles. The van der Waals surface area contributed by atoms with E-state index in [2.05, 4.69) is 66.5 Å². The van der Waals surface area contributed by atoms with Crippen LogP contribution in [0.15, 0.2) is 59.0 Å². The van der Waals surface area contributed by atoms with Gasteiger partial charge in [0.25, 0.3) is 5.89 Å². The minimum atomic E-state index is 0.601. The molecule has 0 aliphatic rings. The molecule has 4 heteroatoms. The van der Waals surface area contributed by atoms with Crippen LogP contribution < -0.4 is 4.90 Å². The van der Waals surface area contributed by atoms with Gasteiger partial charge in [-0.15, -0.1) is 10.2 Å². The summed E-state index contributed by atoms with van der Waals surface area (Å²) in [7, 11) is 0. The fourth-order valence-electron chi connectivity index (χ4n) is 2.90. The summed E-state index contributed by atoms with van der Waals surface area (Å²) in [6.07, 6.45) is 2.39.